The number of thiazole rings is 1. The van der Waals surface area contributed by atoms with Gasteiger partial charge >= 0.3 is 0 Å². The molecule has 158 valence electrons. The van der Waals surface area contributed by atoms with E-state index in [0.717, 1.165) is 33.3 Å². The van der Waals surface area contributed by atoms with Gasteiger partial charge in [0.15, 0.2) is 11.5 Å². The average molecular weight is 442 g/mol. The molecule has 3 heterocycles. The molecule has 0 aliphatic carbocycles. The van der Waals surface area contributed by atoms with E-state index in [9.17, 15) is 4.79 Å². The Morgan fingerprint density at radius 1 is 0.969 bits per heavy atom. The molecule has 0 radical (unpaired) electrons. The molecule has 0 unspecified atom stereocenters. The van der Waals surface area contributed by atoms with Gasteiger partial charge in [0, 0.05) is 28.9 Å². The molecule has 2 aromatic heterocycles. The number of aromatic nitrogens is 2. The normalized spacial score (nSPS) is 12.6. The van der Waals surface area contributed by atoms with Gasteiger partial charge in [0.1, 0.15) is 18.2 Å². The molecule has 4 aromatic rings. The molecule has 5 rings (SSSR count). The van der Waals surface area contributed by atoms with Gasteiger partial charge in [-0.3, -0.25) is 9.78 Å². The van der Waals surface area contributed by atoms with E-state index in [2.05, 4.69) is 15.3 Å². The van der Waals surface area contributed by atoms with Gasteiger partial charge in [-0.1, -0.05) is 24.3 Å². The number of amides is 1. The van der Waals surface area contributed by atoms with Gasteiger partial charge in [-0.2, -0.15) is 0 Å². The summed E-state index contributed by atoms with van der Waals surface area (Å²) in [6.07, 6.45) is 5.00. The van der Waals surface area contributed by atoms with Crippen LogP contribution in [0.5, 0.6) is 11.5 Å². The fourth-order valence-electron chi connectivity index (χ4n) is 3.29. The highest BCUT2D eigenvalue weighted by Crippen LogP contribution is 2.31. The molecule has 7 heteroatoms. The van der Waals surface area contributed by atoms with Gasteiger partial charge in [0.05, 0.1) is 11.4 Å². The van der Waals surface area contributed by atoms with Gasteiger partial charge < -0.3 is 14.8 Å². The third-order valence-corrected chi connectivity index (χ3v) is 5.67. The summed E-state index contributed by atoms with van der Waals surface area (Å²) >= 11 is 1.54. The Morgan fingerprint density at radius 3 is 2.75 bits per heavy atom. The second-order valence-corrected chi connectivity index (χ2v) is 7.92. The van der Waals surface area contributed by atoms with Crippen LogP contribution in [-0.2, 0) is 4.79 Å². The van der Waals surface area contributed by atoms with Crippen LogP contribution in [0.4, 0.5) is 5.69 Å². The maximum absolute atomic E-state index is 12.4. The highest BCUT2D eigenvalue weighted by Gasteiger charge is 2.11. The third kappa shape index (κ3) is 4.53. The number of fused-ring (bicyclic) bond motifs is 1. The fraction of sp³-hybridized carbons (Fsp3) is 0.0800. The molecule has 0 saturated carbocycles. The molecule has 0 fully saturated rings. The first-order valence-electron chi connectivity index (χ1n) is 10.1. The number of carbonyl (C=O) groups is 1. The molecule has 6 nitrogen and oxygen atoms in total. The number of hydrogen-bond donors (Lipinski definition) is 1. The maximum Gasteiger partial charge on any atom is 0.248 e. The second kappa shape index (κ2) is 9.03. The van der Waals surface area contributed by atoms with E-state index < -0.39 is 0 Å². The van der Waals surface area contributed by atoms with Gasteiger partial charge in [-0.05, 0) is 48.0 Å². The Labute approximate surface area is 189 Å². The lowest BCUT2D eigenvalue weighted by Crippen LogP contribution is -2.15. The van der Waals surface area contributed by atoms with Crippen molar-refractivity contribution in [1.82, 2.24) is 9.97 Å². The quantitative estimate of drug-likeness (QED) is 0.426. The summed E-state index contributed by atoms with van der Waals surface area (Å²) < 4.78 is 11.1. The van der Waals surface area contributed by atoms with E-state index in [1.54, 1.807) is 23.6 Å². The van der Waals surface area contributed by atoms with Crippen LogP contribution in [0, 0.1) is 0 Å². The van der Waals surface area contributed by atoms with Crippen LogP contribution in [0.1, 0.15) is 5.56 Å². The SMILES string of the molecule is O=C(/C=C\c1ccc2c(c1)OCCO2)Nc1cccc(-c2csc(-c3ccccn3)n2)c1. The minimum Gasteiger partial charge on any atom is -0.486 e. The smallest absolute Gasteiger partial charge is 0.248 e. The molecule has 0 atom stereocenters. The Balaban J connectivity index is 1.27. The summed E-state index contributed by atoms with van der Waals surface area (Å²) in [7, 11) is 0. The molecule has 0 spiro atoms. The van der Waals surface area contributed by atoms with Crippen LogP contribution in [0.15, 0.2) is 78.3 Å². The van der Waals surface area contributed by atoms with Gasteiger partial charge in [0.25, 0.3) is 0 Å². The number of pyridine rings is 1. The fourth-order valence-corrected chi connectivity index (χ4v) is 4.09. The van der Waals surface area contributed by atoms with Gasteiger partial charge in [-0.15, -0.1) is 11.3 Å². The van der Waals surface area contributed by atoms with Crippen LogP contribution >= 0.6 is 11.3 Å². The highest BCUT2D eigenvalue weighted by molar-refractivity contribution is 7.13. The molecular weight excluding hydrogens is 422 g/mol. The lowest BCUT2D eigenvalue weighted by molar-refractivity contribution is -0.111. The predicted octanol–water partition coefficient (Wildman–Crippen LogP) is 5.30. The van der Waals surface area contributed by atoms with E-state index in [1.807, 2.05) is 66.0 Å². The molecule has 1 amide bonds. The zero-order valence-electron chi connectivity index (χ0n) is 17.0. The Hall–Kier alpha value is -3.97. The number of ether oxygens (including phenoxy) is 2. The van der Waals surface area contributed by atoms with Crippen molar-refractivity contribution in [2.24, 2.45) is 0 Å². The number of hydrogen-bond acceptors (Lipinski definition) is 6. The molecule has 1 N–H and O–H groups in total. The number of rotatable bonds is 5. The van der Waals surface area contributed by atoms with Crippen molar-refractivity contribution in [3.8, 4) is 33.5 Å². The molecular formula is C25H19N3O3S. The minimum atomic E-state index is -0.218. The van der Waals surface area contributed by atoms with Gasteiger partial charge in [-0.25, -0.2) is 4.98 Å². The number of anilines is 1. The lowest BCUT2D eigenvalue weighted by atomic mass is 10.1. The molecule has 32 heavy (non-hydrogen) atoms. The van der Waals surface area contributed by atoms with E-state index >= 15 is 0 Å². The summed E-state index contributed by atoms with van der Waals surface area (Å²) in [5.41, 5.74) is 4.18. The second-order valence-electron chi connectivity index (χ2n) is 7.06. The van der Waals surface area contributed by atoms with Crippen LogP contribution < -0.4 is 14.8 Å². The Bertz CT molecular complexity index is 1280. The molecule has 0 bridgehead atoms. The van der Waals surface area contributed by atoms with Crippen molar-refractivity contribution in [3.63, 3.8) is 0 Å². The van der Waals surface area contributed by atoms with Crippen molar-refractivity contribution in [2.45, 2.75) is 0 Å². The zero-order chi connectivity index (χ0) is 21.8. The number of nitrogens with zero attached hydrogens (tertiary/aromatic N) is 2. The third-order valence-electron chi connectivity index (χ3n) is 4.81. The van der Waals surface area contributed by atoms with Crippen LogP contribution in [0.3, 0.4) is 0 Å². The highest BCUT2D eigenvalue weighted by atomic mass is 32.1. The van der Waals surface area contributed by atoms with E-state index in [4.69, 9.17) is 9.47 Å². The molecule has 1 aliphatic heterocycles. The lowest BCUT2D eigenvalue weighted by Gasteiger charge is -2.18. The van der Waals surface area contributed by atoms with E-state index in [-0.39, 0.29) is 5.91 Å². The molecule has 2 aromatic carbocycles. The van der Waals surface area contributed by atoms with Crippen LogP contribution in [0.2, 0.25) is 0 Å². The predicted molar refractivity (Wildman–Crippen MR) is 126 cm³/mol. The van der Waals surface area contributed by atoms with E-state index in [0.29, 0.717) is 24.7 Å². The first-order valence-corrected chi connectivity index (χ1v) is 11.0. The number of nitrogens with one attached hydrogen (secondary N) is 1. The largest absolute Gasteiger partial charge is 0.486 e. The summed E-state index contributed by atoms with van der Waals surface area (Å²) in [5, 5.41) is 5.76. The van der Waals surface area contributed by atoms with Gasteiger partial charge in [0.2, 0.25) is 5.91 Å². The number of carbonyl (C=O) groups excluding carboxylic acids is 1. The molecule has 1 aliphatic rings. The Morgan fingerprint density at radius 2 is 1.88 bits per heavy atom. The van der Waals surface area contributed by atoms with Crippen LogP contribution in [0.25, 0.3) is 28.0 Å². The first-order chi connectivity index (χ1) is 15.7. The van der Waals surface area contributed by atoms with Crippen molar-refractivity contribution in [2.75, 3.05) is 18.5 Å². The van der Waals surface area contributed by atoms with Crippen molar-refractivity contribution >= 4 is 29.0 Å². The van der Waals surface area contributed by atoms with E-state index in [1.165, 1.54) is 6.08 Å². The summed E-state index contributed by atoms with van der Waals surface area (Å²) in [6, 6.07) is 19.0. The number of benzene rings is 2. The minimum absolute atomic E-state index is 0.218. The summed E-state index contributed by atoms with van der Waals surface area (Å²) in [6.45, 7) is 1.08. The topological polar surface area (TPSA) is 73.3 Å². The summed E-state index contributed by atoms with van der Waals surface area (Å²) in [5.74, 6) is 1.20. The van der Waals surface area contributed by atoms with Crippen molar-refractivity contribution in [3.05, 3.63) is 83.9 Å². The van der Waals surface area contributed by atoms with Crippen molar-refractivity contribution < 1.29 is 14.3 Å². The molecule has 0 saturated heterocycles. The van der Waals surface area contributed by atoms with Crippen LogP contribution in [-0.4, -0.2) is 29.1 Å². The average Bonchev–Trinajstić information content (AvgIpc) is 3.34. The monoisotopic (exact) mass is 441 g/mol. The standard InChI is InChI=1S/C25H19N3O3S/c29-24(10-8-17-7-9-22-23(14-17)31-13-12-30-22)27-19-5-3-4-18(15-19)21-16-32-25(28-21)20-6-1-2-11-26-20/h1-11,14-16H,12-13H2,(H,27,29)/b10-8-. The van der Waals surface area contributed by atoms with Crippen molar-refractivity contribution in [1.29, 1.82) is 0 Å². The first kappa shape index (κ1) is 20.0. The zero-order valence-corrected chi connectivity index (χ0v) is 17.8. The Kier molecular flexibility index (Phi) is 5.63. The summed E-state index contributed by atoms with van der Waals surface area (Å²) in [4.78, 5) is 21.5. The maximum atomic E-state index is 12.4.